The average Bonchev–Trinajstić information content (AvgIpc) is 3.25. The summed E-state index contributed by atoms with van der Waals surface area (Å²) in [6.45, 7) is 7.47. The van der Waals surface area contributed by atoms with Crippen LogP contribution in [0.5, 0.6) is 0 Å². The van der Waals surface area contributed by atoms with Crippen molar-refractivity contribution >= 4 is 11.9 Å². The molecule has 8 nitrogen and oxygen atoms in total. The van der Waals surface area contributed by atoms with E-state index in [0.717, 1.165) is 64.3 Å². The molecule has 32 heavy (non-hydrogen) atoms. The molecule has 1 aliphatic carbocycles. The van der Waals surface area contributed by atoms with Crippen LogP contribution in [0, 0.1) is 11.2 Å². The molecule has 170 valence electrons. The van der Waals surface area contributed by atoms with Gasteiger partial charge in [-0.3, -0.25) is 14.9 Å². The van der Waals surface area contributed by atoms with Crippen molar-refractivity contribution in [3.8, 4) is 11.3 Å². The Morgan fingerprint density at radius 2 is 1.97 bits per heavy atom. The molecule has 0 radical (unpaired) electrons. The third-order valence-corrected chi connectivity index (χ3v) is 7.10. The number of carbonyl (C=O) groups is 1. The number of carbonyl (C=O) groups excluding carboxylic acids is 1. The van der Waals surface area contributed by atoms with E-state index < -0.39 is 0 Å². The van der Waals surface area contributed by atoms with Crippen LogP contribution in [0.1, 0.15) is 26.2 Å². The van der Waals surface area contributed by atoms with Crippen molar-refractivity contribution in [3.05, 3.63) is 36.7 Å². The molecule has 9 heteroatoms. The Hall–Kier alpha value is -2.81. The van der Waals surface area contributed by atoms with Crippen LogP contribution in [0.3, 0.4) is 0 Å². The summed E-state index contributed by atoms with van der Waals surface area (Å²) in [6.07, 6.45) is 9.32. The number of ether oxygens (including phenoxy) is 1. The van der Waals surface area contributed by atoms with E-state index in [4.69, 9.17) is 4.74 Å². The molecule has 2 aromatic rings. The Labute approximate surface area is 187 Å². The lowest BCUT2D eigenvalue weighted by Gasteiger charge is -2.52. The summed E-state index contributed by atoms with van der Waals surface area (Å²) in [7, 11) is 0. The van der Waals surface area contributed by atoms with Crippen LogP contribution in [-0.2, 0) is 4.74 Å². The van der Waals surface area contributed by atoms with Crippen LogP contribution in [-0.4, -0.2) is 82.8 Å². The zero-order valence-electron chi connectivity index (χ0n) is 18.4. The number of halogens is 1. The highest BCUT2D eigenvalue weighted by molar-refractivity contribution is 5.73. The fraction of sp³-hybridized carbons (Fsp3) is 0.565. The lowest BCUT2D eigenvalue weighted by atomic mass is 9.64. The molecule has 0 bridgehead atoms. The third-order valence-electron chi connectivity index (χ3n) is 7.10. The molecule has 3 fully saturated rings. The lowest BCUT2D eigenvalue weighted by Crippen LogP contribution is -2.58. The van der Waals surface area contributed by atoms with Crippen molar-refractivity contribution in [2.75, 3.05) is 50.8 Å². The predicted molar refractivity (Wildman–Crippen MR) is 118 cm³/mol. The molecule has 1 saturated carbocycles. The molecule has 5 rings (SSSR count). The van der Waals surface area contributed by atoms with Gasteiger partial charge in [0.1, 0.15) is 11.6 Å². The summed E-state index contributed by atoms with van der Waals surface area (Å²) in [4.78, 5) is 31.5. The fourth-order valence-electron chi connectivity index (χ4n) is 5.45. The van der Waals surface area contributed by atoms with Gasteiger partial charge in [-0.25, -0.2) is 14.2 Å². The van der Waals surface area contributed by atoms with E-state index in [1.807, 2.05) is 11.8 Å². The van der Waals surface area contributed by atoms with Crippen LogP contribution < -0.4 is 4.90 Å². The van der Waals surface area contributed by atoms with Gasteiger partial charge in [0.25, 0.3) is 0 Å². The second-order valence-corrected chi connectivity index (χ2v) is 9.07. The van der Waals surface area contributed by atoms with Gasteiger partial charge in [0, 0.05) is 63.3 Å². The number of anilines is 1. The first kappa shape index (κ1) is 21.1. The summed E-state index contributed by atoms with van der Waals surface area (Å²) in [5, 5.41) is 0. The number of amides is 1. The fourth-order valence-corrected chi connectivity index (χ4v) is 5.45. The van der Waals surface area contributed by atoms with Crippen molar-refractivity contribution in [2.45, 2.75) is 32.2 Å². The maximum Gasteiger partial charge on any atom is 0.409 e. The average molecular weight is 441 g/mol. The van der Waals surface area contributed by atoms with Crippen molar-refractivity contribution in [2.24, 2.45) is 5.41 Å². The van der Waals surface area contributed by atoms with E-state index in [0.29, 0.717) is 23.9 Å². The molecule has 0 unspecified atom stereocenters. The normalized spacial score (nSPS) is 25.8. The van der Waals surface area contributed by atoms with Crippen molar-refractivity contribution in [1.82, 2.24) is 24.8 Å². The first-order valence-corrected chi connectivity index (χ1v) is 11.4. The van der Waals surface area contributed by atoms with Gasteiger partial charge in [0.2, 0.25) is 0 Å². The predicted octanol–water partition coefficient (Wildman–Crippen LogP) is 2.81. The molecule has 1 spiro atoms. The highest BCUT2D eigenvalue weighted by Crippen LogP contribution is 2.50. The molecule has 3 aliphatic rings. The first-order chi connectivity index (χ1) is 15.6. The van der Waals surface area contributed by atoms with E-state index in [-0.39, 0.29) is 17.3 Å². The summed E-state index contributed by atoms with van der Waals surface area (Å²) in [5.74, 6) is 0.388. The quantitative estimate of drug-likeness (QED) is 0.724. The molecule has 0 aromatic carbocycles. The number of likely N-dealkylation sites (tertiary alicyclic amines) is 1. The molecule has 1 amide bonds. The van der Waals surface area contributed by atoms with E-state index in [1.165, 1.54) is 12.3 Å². The summed E-state index contributed by atoms with van der Waals surface area (Å²) < 4.78 is 19.1. The molecule has 0 atom stereocenters. The van der Waals surface area contributed by atoms with Gasteiger partial charge in [-0.15, -0.1) is 0 Å². The zero-order valence-corrected chi connectivity index (χ0v) is 18.4. The smallest absolute Gasteiger partial charge is 0.409 e. The third kappa shape index (κ3) is 4.01. The number of pyridine rings is 1. The SMILES string of the molecule is CCOC(=O)N1CCC2(CC(N3CCN(c4ncc(F)cc4-c4cnccn4)CC3)C2)C1. The topological polar surface area (TPSA) is 74.7 Å². The van der Waals surface area contributed by atoms with E-state index in [2.05, 4.69) is 24.8 Å². The van der Waals surface area contributed by atoms with Gasteiger partial charge in [-0.05, 0) is 37.7 Å². The Morgan fingerprint density at radius 1 is 1.16 bits per heavy atom. The Morgan fingerprint density at radius 3 is 2.69 bits per heavy atom. The standard InChI is InChI=1S/C23H29FN6O2/c1-2-32-22(31)30-6-3-23(16-30)12-18(13-23)28-7-9-29(10-8-28)21-19(11-17(24)14-27-21)20-15-25-4-5-26-20/h4-5,11,14-15,18H,2-3,6-10,12-13,16H2,1H3. The minimum Gasteiger partial charge on any atom is -0.450 e. The Bertz CT molecular complexity index is 960. The van der Waals surface area contributed by atoms with Gasteiger partial charge in [-0.1, -0.05) is 0 Å². The maximum atomic E-state index is 13.9. The van der Waals surface area contributed by atoms with Crippen molar-refractivity contribution < 1.29 is 13.9 Å². The number of nitrogens with zero attached hydrogens (tertiary/aromatic N) is 6. The van der Waals surface area contributed by atoms with Crippen molar-refractivity contribution in [1.29, 1.82) is 0 Å². The summed E-state index contributed by atoms with van der Waals surface area (Å²) in [5.41, 5.74) is 1.58. The number of hydrogen-bond acceptors (Lipinski definition) is 7. The van der Waals surface area contributed by atoms with Gasteiger partial charge >= 0.3 is 6.09 Å². The highest BCUT2D eigenvalue weighted by Gasteiger charge is 2.51. The zero-order chi connectivity index (χ0) is 22.1. The van der Waals surface area contributed by atoms with E-state index in [9.17, 15) is 9.18 Å². The second-order valence-electron chi connectivity index (χ2n) is 9.07. The van der Waals surface area contributed by atoms with Crippen LogP contribution in [0.4, 0.5) is 15.0 Å². The van der Waals surface area contributed by atoms with Gasteiger partial charge in [0.05, 0.1) is 24.7 Å². The molecule has 2 aliphatic heterocycles. The van der Waals surface area contributed by atoms with Crippen LogP contribution in [0.15, 0.2) is 30.9 Å². The van der Waals surface area contributed by atoms with Gasteiger partial charge in [0.15, 0.2) is 0 Å². The largest absolute Gasteiger partial charge is 0.450 e. The maximum absolute atomic E-state index is 13.9. The molecule has 0 N–H and O–H groups in total. The van der Waals surface area contributed by atoms with Crippen molar-refractivity contribution in [3.63, 3.8) is 0 Å². The monoisotopic (exact) mass is 440 g/mol. The van der Waals surface area contributed by atoms with Crippen LogP contribution in [0.25, 0.3) is 11.3 Å². The number of rotatable bonds is 4. The number of piperazine rings is 1. The molecule has 2 aromatic heterocycles. The van der Waals surface area contributed by atoms with Gasteiger partial charge in [-0.2, -0.15) is 0 Å². The number of hydrogen-bond donors (Lipinski definition) is 0. The molecule has 4 heterocycles. The number of aromatic nitrogens is 3. The van der Waals surface area contributed by atoms with E-state index in [1.54, 1.807) is 18.6 Å². The Balaban J connectivity index is 1.18. The van der Waals surface area contributed by atoms with Crippen LogP contribution >= 0.6 is 0 Å². The van der Waals surface area contributed by atoms with Crippen LogP contribution in [0.2, 0.25) is 0 Å². The first-order valence-electron chi connectivity index (χ1n) is 11.4. The summed E-state index contributed by atoms with van der Waals surface area (Å²) in [6, 6.07) is 2.06. The summed E-state index contributed by atoms with van der Waals surface area (Å²) >= 11 is 0. The Kier molecular flexibility index (Phi) is 5.67. The second kappa shape index (κ2) is 8.61. The molecular weight excluding hydrogens is 411 g/mol. The minimum absolute atomic E-state index is 0.174. The lowest BCUT2D eigenvalue weighted by molar-refractivity contribution is 0.00386. The molecule has 2 saturated heterocycles. The highest BCUT2D eigenvalue weighted by atomic mass is 19.1. The van der Waals surface area contributed by atoms with E-state index >= 15 is 0 Å². The molecular formula is C23H29FN6O2. The van der Waals surface area contributed by atoms with Gasteiger partial charge < -0.3 is 14.5 Å². The minimum atomic E-state index is -0.374.